The zero-order valence-electron chi connectivity index (χ0n) is 10.7. The van der Waals surface area contributed by atoms with Crippen LogP contribution in [0.15, 0.2) is 39.4 Å². The molecule has 0 saturated carbocycles. The van der Waals surface area contributed by atoms with Gasteiger partial charge in [0.25, 0.3) is 0 Å². The third kappa shape index (κ3) is 6.30. The SMILES string of the molecule is CCCCCSc1cccc(C=NN=C(N)N)c1. The van der Waals surface area contributed by atoms with Gasteiger partial charge in [-0.1, -0.05) is 31.9 Å². The smallest absolute Gasteiger partial charge is 0.211 e. The summed E-state index contributed by atoms with van der Waals surface area (Å²) in [6, 6.07) is 8.18. The Morgan fingerprint density at radius 2 is 2.17 bits per heavy atom. The standard InChI is InChI=1S/C13H20N4S/c1-2-3-4-8-18-12-7-5-6-11(9-12)10-16-17-13(14)15/h5-7,9-10H,2-4,8H2,1H3,(H4,14,15,17). The van der Waals surface area contributed by atoms with E-state index in [9.17, 15) is 0 Å². The van der Waals surface area contributed by atoms with Crippen molar-refractivity contribution in [3.05, 3.63) is 29.8 Å². The molecule has 0 unspecified atom stereocenters. The van der Waals surface area contributed by atoms with E-state index in [1.54, 1.807) is 6.21 Å². The number of thioether (sulfide) groups is 1. The van der Waals surface area contributed by atoms with Gasteiger partial charge in [-0.05, 0) is 29.9 Å². The molecular weight excluding hydrogens is 244 g/mol. The van der Waals surface area contributed by atoms with Crippen LogP contribution in [0.5, 0.6) is 0 Å². The number of nitrogens with zero attached hydrogens (tertiary/aromatic N) is 2. The van der Waals surface area contributed by atoms with Crippen molar-refractivity contribution in [2.24, 2.45) is 21.7 Å². The molecular formula is C13H20N4S. The van der Waals surface area contributed by atoms with Gasteiger partial charge in [0, 0.05) is 4.90 Å². The predicted molar refractivity (Wildman–Crippen MR) is 80.1 cm³/mol. The molecule has 0 fully saturated rings. The maximum absolute atomic E-state index is 5.19. The highest BCUT2D eigenvalue weighted by Crippen LogP contribution is 2.20. The van der Waals surface area contributed by atoms with Crippen LogP contribution in [0.3, 0.4) is 0 Å². The highest BCUT2D eigenvalue weighted by atomic mass is 32.2. The van der Waals surface area contributed by atoms with E-state index in [1.165, 1.54) is 24.2 Å². The van der Waals surface area contributed by atoms with Crippen molar-refractivity contribution >= 4 is 23.9 Å². The van der Waals surface area contributed by atoms with Crippen molar-refractivity contribution in [3.63, 3.8) is 0 Å². The summed E-state index contributed by atoms with van der Waals surface area (Å²) in [7, 11) is 0. The normalized spacial score (nSPS) is 10.7. The molecule has 0 spiro atoms. The lowest BCUT2D eigenvalue weighted by atomic mass is 10.2. The lowest BCUT2D eigenvalue weighted by Gasteiger charge is -2.01. The molecule has 0 atom stereocenters. The van der Waals surface area contributed by atoms with Crippen LogP contribution >= 0.6 is 11.8 Å². The van der Waals surface area contributed by atoms with E-state index in [1.807, 2.05) is 23.9 Å². The molecule has 0 aromatic heterocycles. The van der Waals surface area contributed by atoms with Crippen molar-refractivity contribution < 1.29 is 0 Å². The highest BCUT2D eigenvalue weighted by molar-refractivity contribution is 7.99. The van der Waals surface area contributed by atoms with E-state index >= 15 is 0 Å². The van der Waals surface area contributed by atoms with E-state index in [0.29, 0.717) is 0 Å². The molecule has 0 amide bonds. The molecule has 0 saturated heterocycles. The number of rotatable bonds is 7. The summed E-state index contributed by atoms with van der Waals surface area (Å²) in [5.41, 5.74) is 11.4. The molecule has 0 heterocycles. The first-order valence-electron chi connectivity index (χ1n) is 6.07. The quantitative estimate of drug-likeness (QED) is 0.261. The average Bonchev–Trinajstić information content (AvgIpc) is 2.35. The van der Waals surface area contributed by atoms with E-state index in [0.717, 1.165) is 11.3 Å². The van der Waals surface area contributed by atoms with Gasteiger partial charge < -0.3 is 11.5 Å². The Labute approximate surface area is 113 Å². The van der Waals surface area contributed by atoms with Gasteiger partial charge in [-0.25, -0.2) is 0 Å². The van der Waals surface area contributed by atoms with Crippen molar-refractivity contribution in [1.29, 1.82) is 0 Å². The second kappa shape index (κ2) is 8.58. The fraction of sp³-hybridized carbons (Fsp3) is 0.385. The van der Waals surface area contributed by atoms with E-state index in [2.05, 4.69) is 29.3 Å². The number of guanidine groups is 1. The van der Waals surface area contributed by atoms with Crippen LogP contribution < -0.4 is 11.5 Å². The van der Waals surface area contributed by atoms with Gasteiger partial charge in [-0.2, -0.15) is 5.10 Å². The first-order valence-corrected chi connectivity index (χ1v) is 7.05. The molecule has 1 aromatic carbocycles. The molecule has 5 heteroatoms. The second-order valence-electron chi connectivity index (χ2n) is 3.90. The zero-order valence-corrected chi connectivity index (χ0v) is 11.5. The van der Waals surface area contributed by atoms with Gasteiger partial charge in [-0.3, -0.25) is 0 Å². The zero-order chi connectivity index (χ0) is 13.2. The third-order valence-electron chi connectivity index (χ3n) is 2.25. The maximum atomic E-state index is 5.19. The highest BCUT2D eigenvalue weighted by Gasteiger charge is 1.95. The molecule has 4 nitrogen and oxygen atoms in total. The molecule has 18 heavy (non-hydrogen) atoms. The van der Waals surface area contributed by atoms with E-state index in [-0.39, 0.29) is 5.96 Å². The van der Waals surface area contributed by atoms with Gasteiger partial charge in [0.1, 0.15) is 0 Å². The van der Waals surface area contributed by atoms with Crippen LogP contribution in [0.2, 0.25) is 0 Å². The van der Waals surface area contributed by atoms with Crippen molar-refractivity contribution in [1.82, 2.24) is 0 Å². The van der Waals surface area contributed by atoms with Crippen LogP contribution in [0, 0.1) is 0 Å². The summed E-state index contributed by atoms with van der Waals surface area (Å²) in [5, 5.41) is 7.37. The minimum Gasteiger partial charge on any atom is -0.369 e. The first kappa shape index (κ1) is 14.6. The summed E-state index contributed by atoms with van der Waals surface area (Å²) < 4.78 is 0. The summed E-state index contributed by atoms with van der Waals surface area (Å²) in [5.74, 6) is 1.12. The van der Waals surface area contributed by atoms with Crippen LogP contribution in [-0.4, -0.2) is 17.9 Å². The van der Waals surface area contributed by atoms with Crippen molar-refractivity contribution in [2.75, 3.05) is 5.75 Å². The van der Waals surface area contributed by atoms with Gasteiger partial charge in [0.15, 0.2) is 0 Å². The molecule has 0 bridgehead atoms. The Balaban J connectivity index is 2.51. The lowest BCUT2D eigenvalue weighted by Crippen LogP contribution is -2.21. The number of hydrogen-bond donors (Lipinski definition) is 2. The number of benzene rings is 1. The molecule has 0 radical (unpaired) electrons. The van der Waals surface area contributed by atoms with Crippen LogP contribution in [0.4, 0.5) is 0 Å². The fourth-order valence-corrected chi connectivity index (χ4v) is 2.37. The minimum absolute atomic E-state index is 0.0312. The Bertz CT molecular complexity index is 411. The van der Waals surface area contributed by atoms with E-state index in [4.69, 9.17) is 11.5 Å². The van der Waals surface area contributed by atoms with Gasteiger partial charge in [-0.15, -0.1) is 16.9 Å². The summed E-state index contributed by atoms with van der Waals surface area (Å²) in [4.78, 5) is 1.25. The Hall–Kier alpha value is -1.49. The average molecular weight is 264 g/mol. The van der Waals surface area contributed by atoms with Crippen molar-refractivity contribution in [3.8, 4) is 0 Å². The number of nitrogens with two attached hydrogens (primary N) is 2. The largest absolute Gasteiger partial charge is 0.369 e. The summed E-state index contributed by atoms with van der Waals surface area (Å²) in [6.45, 7) is 2.21. The summed E-state index contributed by atoms with van der Waals surface area (Å²) >= 11 is 1.87. The predicted octanol–water partition coefficient (Wildman–Crippen LogP) is 2.58. The number of hydrogen-bond acceptors (Lipinski definition) is 3. The molecule has 0 aliphatic rings. The Kier molecular flexibility index (Phi) is 6.94. The third-order valence-corrected chi connectivity index (χ3v) is 3.33. The first-order chi connectivity index (χ1) is 8.72. The second-order valence-corrected chi connectivity index (χ2v) is 5.07. The summed E-state index contributed by atoms with van der Waals surface area (Å²) in [6.07, 6.45) is 5.45. The fourth-order valence-electron chi connectivity index (χ4n) is 1.39. The monoisotopic (exact) mass is 264 g/mol. The molecule has 0 aliphatic heterocycles. The topological polar surface area (TPSA) is 76.8 Å². The lowest BCUT2D eigenvalue weighted by molar-refractivity contribution is 0.778. The van der Waals surface area contributed by atoms with Gasteiger partial charge in [0.05, 0.1) is 6.21 Å². The van der Waals surface area contributed by atoms with Crippen molar-refractivity contribution in [2.45, 2.75) is 31.1 Å². The van der Waals surface area contributed by atoms with Gasteiger partial charge >= 0.3 is 0 Å². The maximum Gasteiger partial charge on any atom is 0.211 e. The van der Waals surface area contributed by atoms with Gasteiger partial charge in [0.2, 0.25) is 5.96 Å². The molecule has 98 valence electrons. The molecule has 1 rings (SSSR count). The molecule has 0 aliphatic carbocycles. The van der Waals surface area contributed by atoms with Crippen LogP contribution in [0.1, 0.15) is 31.7 Å². The van der Waals surface area contributed by atoms with Crippen LogP contribution in [0.25, 0.3) is 0 Å². The van der Waals surface area contributed by atoms with Crippen LogP contribution in [-0.2, 0) is 0 Å². The molecule has 4 N–H and O–H groups in total. The Morgan fingerprint density at radius 1 is 1.33 bits per heavy atom. The minimum atomic E-state index is -0.0312. The van der Waals surface area contributed by atoms with E-state index < -0.39 is 0 Å². The molecule has 1 aromatic rings. The number of unbranched alkanes of at least 4 members (excludes halogenated alkanes) is 2. The Morgan fingerprint density at radius 3 is 2.89 bits per heavy atom.